The number of carbonyl (C=O) groups excluding carboxylic acids is 1. The van der Waals surface area contributed by atoms with Crippen molar-refractivity contribution in [3.8, 4) is 0 Å². The van der Waals surface area contributed by atoms with Crippen LogP contribution < -0.4 is 10.6 Å². The summed E-state index contributed by atoms with van der Waals surface area (Å²) >= 11 is 0. The van der Waals surface area contributed by atoms with E-state index < -0.39 is 5.97 Å². The fourth-order valence-electron chi connectivity index (χ4n) is 1.36. The number of hydrogen-bond donors (Lipinski definition) is 3. The van der Waals surface area contributed by atoms with Gasteiger partial charge in [0.1, 0.15) is 0 Å². The number of hydrogen-bond acceptors (Lipinski definition) is 5. The average molecular weight is 269 g/mol. The Morgan fingerprint density at radius 2 is 2.26 bits per heavy atom. The third-order valence-electron chi connectivity index (χ3n) is 2.63. The predicted octanol–water partition coefficient (Wildman–Crippen LogP) is 0.767. The highest BCUT2D eigenvalue weighted by atomic mass is 16.5. The summed E-state index contributed by atoms with van der Waals surface area (Å²) in [5, 5.41) is 17.9. The molecule has 0 saturated carbocycles. The van der Waals surface area contributed by atoms with Crippen LogP contribution in [-0.4, -0.2) is 34.7 Å². The van der Waals surface area contributed by atoms with E-state index in [4.69, 9.17) is 9.63 Å². The molecule has 106 valence electrons. The number of carbonyl (C=O) groups is 2. The number of carboxylic acid groups (broad SMARTS) is 1. The largest absolute Gasteiger partial charge is 0.476 e. The van der Waals surface area contributed by atoms with Gasteiger partial charge in [-0.05, 0) is 13.3 Å². The molecule has 1 heterocycles. The van der Waals surface area contributed by atoms with Crippen LogP contribution in [0.3, 0.4) is 0 Å². The Morgan fingerprint density at radius 3 is 2.84 bits per heavy atom. The van der Waals surface area contributed by atoms with Gasteiger partial charge in [-0.2, -0.15) is 0 Å². The minimum absolute atomic E-state index is 0.00866. The molecule has 0 spiro atoms. The number of amides is 1. The average Bonchev–Trinajstić information content (AvgIpc) is 2.83. The van der Waals surface area contributed by atoms with Crippen LogP contribution in [0.1, 0.15) is 42.9 Å². The molecular weight excluding hydrogens is 250 g/mol. The molecule has 0 aliphatic heterocycles. The lowest BCUT2D eigenvalue weighted by atomic mass is 10.2. The maximum absolute atomic E-state index is 11.5. The van der Waals surface area contributed by atoms with Crippen LogP contribution in [0, 0.1) is 0 Å². The second kappa shape index (κ2) is 7.52. The van der Waals surface area contributed by atoms with Gasteiger partial charge in [-0.25, -0.2) is 4.79 Å². The monoisotopic (exact) mass is 269 g/mol. The molecular formula is C12H19N3O4. The van der Waals surface area contributed by atoms with Crippen molar-refractivity contribution in [2.24, 2.45) is 0 Å². The molecule has 0 bridgehead atoms. The first-order valence-corrected chi connectivity index (χ1v) is 6.22. The highest BCUT2D eigenvalue weighted by molar-refractivity contribution is 5.85. The first-order valence-electron chi connectivity index (χ1n) is 6.22. The van der Waals surface area contributed by atoms with Crippen LogP contribution in [0.25, 0.3) is 0 Å². The number of nitrogens with one attached hydrogen (secondary N) is 2. The van der Waals surface area contributed by atoms with Crippen LogP contribution in [0.4, 0.5) is 0 Å². The molecule has 0 aromatic carbocycles. The van der Waals surface area contributed by atoms with Gasteiger partial charge in [0.05, 0.1) is 6.54 Å². The fourth-order valence-corrected chi connectivity index (χ4v) is 1.36. The van der Waals surface area contributed by atoms with Gasteiger partial charge in [0.15, 0.2) is 11.5 Å². The molecule has 1 unspecified atom stereocenters. The minimum Gasteiger partial charge on any atom is -0.476 e. The number of carboxylic acids is 1. The first kappa shape index (κ1) is 15.2. The summed E-state index contributed by atoms with van der Waals surface area (Å²) in [5.41, 5.74) is -0.119. The molecule has 3 N–H and O–H groups in total. The molecule has 0 fully saturated rings. The van der Waals surface area contributed by atoms with Gasteiger partial charge in [-0.3, -0.25) is 4.79 Å². The minimum atomic E-state index is -1.12. The molecule has 7 heteroatoms. The van der Waals surface area contributed by atoms with Crippen LogP contribution in [0.15, 0.2) is 10.6 Å². The highest BCUT2D eigenvalue weighted by Gasteiger charge is 2.10. The van der Waals surface area contributed by atoms with E-state index in [9.17, 15) is 9.59 Å². The van der Waals surface area contributed by atoms with Gasteiger partial charge in [-0.1, -0.05) is 12.1 Å². The normalized spacial score (nSPS) is 12.1. The van der Waals surface area contributed by atoms with E-state index in [2.05, 4.69) is 15.8 Å². The van der Waals surface area contributed by atoms with Crippen LogP contribution in [-0.2, 0) is 11.3 Å². The highest BCUT2D eigenvalue weighted by Crippen LogP contribution is 2.02. The van der Waals surface area contributed by atoms with Crippen molar-refractivity contribution in [2.45, 2.75) is 39.3 Å². The van der Waals surface area contributed by atoms with Crippen molar-refractivity contribution in [3.05, 3.63) is 17.5 Å². The number of aromatic carboxylic acids is 1. The molecule has 7 nitrogen and oxygen atoms in total. The van der Waals surface area contributed by atoms with Crippen molar-refractivity contribution < 1.29 is 19.2 Å². The Morgan fingerprint density at radius 1 is 1.53 bits per heavy atom. The zero-order chi connectivity index (χ0) is 14.3. The Balaban J connectivity index is 2.19. The summed E-state index contributed by atoms with van der Waals surface area (Å²) in [5.74, 6) is -0.701. The van der Waals surface area contributed by atoms with E-state index in [0.29, 0.717) is 25.3 Å². The maximum Gasteiger partial charge on any atom is 0.358 e. The zero-order valence-electron chi connectivity index (χ0n) is 11.1. The van der Waals surface area contributed by atoms with Gasteiger partial charge >= 0.3 is 5.97 Å². The number of rotatable bonds is 8. The first-order chi connectivity index (χ1) is 9.02. The van der Waals surface area contributed by atoms with E-state index in [0.717, 1.165) is 6.42 Å². The van der Waals surface area contributed by atoms with Gasteiger partial charge in [-0.15, -0.1) is 0 Å². The van der Waals surface area contributed by atoms with E-state index in [1.807, 2.05) is 13.8 Å². The third-order valence-corrected chi connectivity index (χ3v) is 2.63. The summed E-state index contributed by atoms with van der Waals surface area (Å²) in [6.45, 7) is 4.79. The second-order valence-corrected chi connectivity index (χ2v) is 4.29. The van der Waals surface area contributed by atoms with E-state index >= 15 is 0 Å². The molecule has 1 aromatic rings. The standard InChI is InChI=1S/C12H19N3O4/c1-3-8(2)14-11(16)4-5-13-7-9-6-10(12(17)18)15-19-9/h6,8,13H,3-5,7H2,1-2H3,(H,14,16)(H,17,18). The summed E-state index contributed by atoms with van der Waals surface area (Å²) in [6, 6.07) is 1.54. The molecule has 0 saturated heterocycles. The van der Waals surface area contributed by atoms with Gasteiger partial charge < -0.3 is 20.3 Å². The smallest absolute Gasteiger partial charge is 0.358 e. The lowest BCUT2D eigenvalue weighted by molar-refractivity contribution is -0.121. The third kappa shape index (κ3) is 5.52. The van der Waals surface area contributed by atoms with E-state index in [-0.39, 0.29) is 17.6 Å². The zero-order valence-corrected chi connectivity index (χ0v) is 11.1. The van der Waals surface area contributed by atoms with Crippen LogP contribution >= 0.6 is 0 Å². The van der Waals surface area contributed by atoms with Crippen molar-refractivity contribution in [1.82, 2.24) is 15.8 Å². The summed E-state index contributed by atoms with van der Waals surface area (Å²) in [7, 11) is 0. The van der Waals surface area contributed by atoms with Crippen LogP contribution in [0.2, 0.25) is 0 Å². The molecule has 0 radical (unpaired) electrons. The van der Waals surface area contributed by atoms with Crippen molar-refractivity contribution in [3.63, 3.8) is 0 Å². The molecule has 19 heavy (non-hydrogen) atoms. The molecule has 1 rings (SSSR count). The molecule has 1 atom stereocenters. The molecule has 0 aliphatic carbocycles. The van der Waals surface area contributed by atoms with Gasteiger partial charge in [0, 0.05) is 25.1 Å². The summed E-state index contributed by atoms with van der Waals surface area (Å²) < 4.78 is 4.82. The number of nitrogens with zero attached hydrogens (tertiary/aromatic N) is 1. The van der Waals surface area contributed by atoms with E-state index in [1.54, 1.807) is 0 Å². The Hall–Kier alpha value is -1.89. The number of aromatic nitrogens is 1. The summed E-state index contributed by atoms with van der Waals surface area (Å²) in [4.78, 5) is 22.0. The van der Waals surface area contributed by atoms with Gasteiger partial charge in [0.25, 0.3) is 0 Å². The van der Waals surface area contributed by atoms with Gasteiger partial charge in [0.2, 0.25) is 5.91 Å². The summed E-state index contributed by atoms with van der Waals surface area (Å²) in [6.07, 6.45) is 1.26. The predicted molar refractivity (Wildman–Crippen MR) is 67.7 cm³/mol. The van der Waals surface area contributed by atoms with Crippen LogP contribution in [0.5, 0.6) is 0 Å². The fraction of sp³-hybridized carbons (Fsp3) is 0.583. The lowest BCUT2D eigenvalue weighted by Gasteiger charge is -2.11. The van der Waals surface area contributed by atoms with Crippen molar-refractivity contribution >= 4 is 11.9 Å². The van der Waals surface area contributed by atoms with Crippen molar-refractivity contribution in [1.29, 1.82) is 0 Å². The molecule has 1 aromatic heterocycles. The van der Waals surface area contributed by atoms with E-state index in [1.165, 1.54) is 6.07 Å². The maximum atomic E-state index is 11.5. The molecule has 1 amide bonds. The quantitative estimate of drug-likeness (QED) is 0.602. The van der Waals surface area contributed by atoms with Crippen molar-refractivity contribution in [2.75, 3.05) is 6.54 Å². The Labute approximate surface area is 111 Å². The second-order valence-electron chi connectivity index (χ2n) is 4.29. The topological polar surface area (TPSA) is 104 Å². The Kier molecular flexibility index (Phi) is 6.01. The Bertz CT molecular complexity index is 430. The lowest BCUT2D eigenvalue weighted by Crippen LogP contribution is -2.33. The SMILES string of the molecule is CCC(C)NC(=O)CCNCc1cc(C(=O)O)no1. The molecule has 0 aliphatic rings.